The van der Waals surface area contributed by atoms with E-state index in [4.69, 9.17) is 4.74 Å². The number of carbonyl (C=O) groups excluding carboxylic acids is 1. The number of nitrogens with zero attached hydrogens (tertiary/aromatic N) is 1. The second-order valence-electron chi connectivity index (χ2n) is 5.61. The van der Waals surface area contributed by atoms with Crippen LogP contribution in [0.5, 0.6) is 5.75 Å². The van der Waals surface area contributed by atoms with Gasteiger partial charge in [0.25, 0.3) is 5.91 Å². The lowest BCUT2D eigenvalue weighted by Crippen LogP contribution is -2.21. The summed E-state index contributed by atoms with van der Waals surface area (Å²) in [7, 11) is 5.43. The molecule has 4 nitrogen and oxygen atoms in total. The van der Waals surface area contributed by atoms with Gasteiger partial charge >= 0.3 is 0 Å². The summed E-state index contributed by atoms with van der Waals surface area (Å²) in [5.74, 6) is 0.836. The highest BCUT2D eigenvalue weighted by Gasteiger charge is 2.05. The first-order valence-electron chi connectivity index (χ1n) is 7.75. The maximum absolute atomic E-state index is 11.5. The van der Waals surface area contributed by atoms with Crippen LogP contribution in [-0.4, -0.2) is 38.6 Å². The Morgan fingerprint density at radius 3 is 2.22 bits per heavy atom. The van der Waals surface area contributed by atoms with E-state index in [1.165, 1.54) is 11.1 Å². The molecule has 23 heavy (non-hydrogen) atoms. The zero-order valence-corrected chi connectivity index (χ0v) is 14.0. The summed E-state index contributed by atoms with van der Waals surface area (Å²) in [6.45, 7) is 1.84. The molecule has 0 bridgehead atoms. The molecule has 0 unspecified atom stereocenters. The molecule has 0 aliphatic rings. The lowest BCUT2D eigenvalue weighted by molar-refractivity contribution is 0.0963. The van der Waals surface area contributed by atoms with Crippen LogP contribution in [-0.2, 0) is 13.0 Å². The second kappa shape index (κ2) is 8.34. The van der Waals surface area contributed by atoms with Gasteiger partial charge in [-0.2, -0.15) is 0 Å². The minimum atomic E-state index is -0.0515. The molecule has 0 aromatic heterocycles. The number of hydrogen-bond acceptors (Lipinski definition) is 3. The number of benzene rings is 2. The third-order valence-electron chi connectivity index (χ3n) is 3.84. The van der Waals surface area contributed by atoms with Crippen LogP contribution in [0.2, 0.25) is 0 Å². The van der Waals surface area contributed by atoms with Gasteiger partial charge in [0.1, 0.15) is 5.75 Å². The van der Waals surface area contributed by atoms with E-state index in [2.05, 4.69) is 29.4 Å². The maximum Gasteiger partial charge on any atom is 0.251 e. The van der Waals surface area contributed by atoms with Gasteiger partial charge in [-0.25, -0.2) is 0 Å². The molecular formula is C19H24N2O2. The van der Waals surface area contributed by atoms with Crippen molar-refractivity contribution >= 4 is 5.91 Å². The van der Waals surface area contributed by atoms with Crippen molar-refractivity contribution in [1.82, 2.24) is 10.2 Å². The third kappa shape index (κ3) is 5.11. The first-order chi connectivity index (χ1) is 11.1. The average molecular weight is 312 g/mol. The van der Waals surface area contributed by atoms with Crippen molar-refractivity contribution in [2.75, 3.05) is 27.7 Å². The number of hydrogen-bond donors (Lipinski definition) is 1. The normalized spacial score (nSPS) is 10.6. The highest BCUT2D eigenvalue weighted by atomic mass is 16.5. The van der Waals surface area contributed by atoms with Crippen molar-refractivity contribution in [1.29, 1.82) is 0 Å². The van der Waals surface area contributed by atoms with Crippen LogP contribution in [0.15, 0.2) is 48.5 Å². The van der Waals surface area contributed by atoms with Crippen LogP contribution in [0.1, 0.15) is 21.5 Å². The Balaban J connectivity index is 1.84. The smallest absolute Gasteiger partial charge is 0.251 e. The molecule has 0 radical (unpaired) electrons. The van der Waals surface area contributed by atoms with Gasteiger partial charge in [0.05, 0.1) is 7.11 Å². The maximum atomic E-state index is 11.5. The summed E-state index contributed by atoms with van der Waals surface area (Å²) in [5, 5.41) is 2.63. The van der Waals surface area contributed by atoms with Crippen LogP contribution in [0, 0.1) is 0 Å². The van der Waals surface area contributed by atoms with Gasteiger partial charge in [-0.3, -0.25) is 4.79 Å². The first-order valence-corrected chi connectivity index (χ1v) is 7.75. The topological polar surface area (TPSA) is 41.6 Å². The predicted octanol–water partition coefficient (Wildman–Crippen LogP) is 2.73. The zero-order chi connectivity index (χ0) is 16.7. The quantitative estimate of drug-likeness (QED) is 0.855. The number of methoxy groups -OCH3 is 1. The van der Waals surface area contributed by atoms with Crippen molar-refractivity contribution in [2.45, 2.75) is 13.0 Å². The Morgan fingerprint density at radius 1 is 1.04 bits per heavy atom. The van der Waals surface area contributed by atoms with Crippen LogP contribution in [0.3, 0.4) is 0 Å². The number of likely N-dealkylation sites (N-methyl/N-ethyl adjacent to an activating group) is 1. The SMILES string of the molecule is CNC(=O)c1ccc(CN(C)CCc2ccc(OC)cc2)cc1. The molecule has 0 atom stereocenters. The van der Waals surface area contributed by atoms with E-state index < -0.39 is 0 Å². The van der Waals surface area contributed by atoms with Gasteiger partial charge in [-0.05, 0) is 48.9 Å². The first kappa shape index (κ1) is 17.0. The molecule has 1 amide bonds. The lowest BCUT2D eigenvalue weighted by atomic mass is 10.1. The Morgan fingerprint density at radius 2 is 1.65 bits per heavy atom. The van der Waals surface area contributed by atoms with E-state index in [0.717, 1.165) is 25.3 Å². The molecule has 0 saturated heterocycles. The zero-order valence-electron chi connectivity index (χ0n) is 14.0. The van der Waals surface area contributed by atoms with Gasteiger partial charge in [0, 0.05) is 25.7 Å². The molecule has 0 aliphatic carbocycles. The molecule has 2 rings (SSSR count). The van der Waals surface area contributed by atoms with Crippen LogP contribution < -0.4 is 10.1 Å². The van der Waals surface area contributed by atoms with E-state index in [1.807, 2.05) is 36.4 Å². The molecular weight excluding hydrogens is 288 g/mol. The summed E-state index contributed by atoms with van der Waals surface area (Å²) < 4.78 is 5.17. The average Bonchev–Trinajstić information content (AvgIpc) is 2.60. The molecule has 2 aromatic carbocycles. The Kier molecular flexibility index (Phi) is 6.18. The molecule has 0 spiro atoms. The van der Waals surface area contributed by atoms with E-state index in [9.17, 15) is 4.79 Å². The number of ether oxygens (including phenoxy) is 1. The molecule has 1 N–H and O–H groups in total. The third-order valence-corrected chi connectivity index (χ3v) is 3.84. The van der Waals surface area contributed by atoms with Gasteiger partial charge in [-0.15, -0.1) is 0 Å². The highest BCUT2D eigenvalue weighted by molar-refractivity contribution is 5.93. The van der Waals surface area contributed by atoms with Crippen molar-refractivity contribution in [3.63, 3.8) is 0 Å². The summed E-state index contributed by atoms with van der Waals surface area (Å²) in [5.41, 5.74) is 3.19. The fourth-order valence-electron chi connectivity index (χ4n) is 2.41. The number of nitrogens with one attached hydrogen (secondary N) is 1. The monoisotopic (exact) mass is 312 g/mol. The summed E-state index contributed by atoms with van der Waals surface area (Å²) in [4.78, 5) is 13.8. The van der Waals surface area contributed by atoms with Crippen LogP contribution in [0.4, 0.5) is 0 Å². The minimum Gasteiger partial charge on any atom is -0.497 e. The van der Waals surface area contributed by atoms with E-state index >= 15 is 0 Å². The van der Waals surface area contributed by atoms with Gasteiger partial charge in [0.2, 0.25) is 0 Å². The largest absolute Gasteiger partial charge is 0.497 e. The summed E-state index contributed by atoms with van der Waals surface area (Å²) in [6.07, 6.45) is 0.997. The lowest BCUT2D eigenvalue weighted by Gasteiger charge is -2.17. The molecule has 0 aliphatic heterocycles. The Bertz CT molecular complexity index is 621. The van der Waals surface area contributed by atoms with Crippen LogP contribution >= 0.6 is 0 Å². The molecule has 2 aromatic rings. The Hall–Kier alpha value is -2.33. The van der Waals surface area contributed by atoms with Crippen LogP contribution in [0.25, 0.3) is 0 Å². The summed E-state index contributed by atoms with van der Waals surface area (Å²) >= 11 is 0. The summed E-state index contributed by atoms with van der Waals surface area (Å²) in [6, 6.07) is 15.9. The molecule has 0 heterocycles. The minimum absolute atomic E-state index is 0.0515. The van der Waals surface area contributed by atoms with Crippen molar-refractivity contribution in [3.05, 3.63) is 65.2 Å². The standard InChI is InChI=1S/C19H24N2O2/c1-20-19(22)17-8-4-16(5-9-17)14-21(2)13-12-15-6-10-18(23-3)11-7-15/h4-11H,12-14H2,1-3H3,(H,20,22). The van der Waals surface area contributed by atoms with E-state index in [1.54, 1.807) is 14.2 Å². The predicted molar refractivity (Wildman–Crippen MR) is 92.9 cm³/mol. The number of amides is 1. The highest BCUT2D eigenvalue weighted by Crippen LogP contribution is 2.12. The van der Waals surface area contributed by atoms with E-state index in [-0.39, 0.29) is 5.91 Å². The number of rotatable bonds is 7. The van der Waals surface area contributed by atoms with Gasteiger partial charge < -0.3 is 15.0 Å². The fourth-order valence-corrected chi connectivity index (χ4v) is 2.41. The van der Waals surface area contributed by atoms with Gasteiger partial charge in [0.15, 0.2) is 0 Å². The molecule has 122 valence electrons. The number of carbonyl (C=O) groups is 1. The fraction of sp³-hybridized carbons (Fsp3) is 0.316. The molecule has 0 saturated carbocycles. The van der Waals surface area contributed by atoms with Crippen molar-refractivity contribution in [2.24, 2.45) is 0 Å². The second-order valence-corrected chi connectivity index (χ2v) is 5.61. The van der Waals surface area contributed by atoms with Crippen molar-refractivity contribution < 1.29 is 9.53 Å². The molecule has 4 heteroatoms. The van der Waals surface area contributed by atoms with Gasteiger partial charge in [-0.1, -0.05) is 24.3 Å². The molecule has 0 fully saturated rings. The Labute approximate surface area is 138 Å². The van der Waals surface area contributed by atoms with E-state index in [0.29, 0.717) is 5.56 Å². The van der Waals surface area contributed by atoms with Crippen molar-refractivity contribution in [3.8, 4) is 5.75 Å².